The van der Waals surface area contributed by atoms with Crippen molar-refractivity contribution < 1.29 is 19.1 Å². The van der Waals surface area contributed by atoms with Gasteiger partial charge in [-0.3, -0.25) is 0 Å². The molecular formula is C16H22N2O4. The molecule has 0 aliphatic carbocycles. The Labute approximate surface area is 130 Å². The Morgan fingerprint density at radius 2 is 1.68 bits per heavy atom. The normalized spacial score (nSPS) is 10.8. The Kier molecular flexibility index (Phi) is 6.95. The summed E-state index contributed by atoms with van der Waals surface area (Å²) in [5.74, 6) is -1.20. The van der Waals surface area contributed by atoms with Crippen molar-refractivity contribution in [1.82, 2.24) is 0 Å². The van der Waals surface area contributed by atoms with Gasteiger partial charge in [-0.25, -0.2) is 9.59 Å². The van der Waals surface area contributed by atoms with Gasteiger partial charge in [0.2, 0.25) is 0 Å². The van der Waals surface area contributed by atoms with E-state index in [4.69, 9.17) is 9.47 Å². The summed E-state index contributed by atoms with van der Waals surface area (Å²) in [6, 6.07) is 7.42. The van der Waals surface area contributed by atoms with E-state index in [0.29, 0.717) is 5.69 Å². The first-order valence-electron chi connectivity index (χ1n) is 7.07. The summed E-state index contributed by atoms with van der Waals surface area (Å²) in [7, 11) is 3.88. The van der Waals surface area contributed by atoms with Crippen LogP contribution in [0.25, 0.3) is 0 Å². The number of carbonyl (C=O) groups is 2. The van der Waals surface area contributed by atoms with Crippen LogP contribution in [0, 0.1) is 0 Å². The molecule has 1 aromatic carbocycles. The van der Waals surface area contributed by atoms with Crippen molar-refractivity contribution in [1.29, 1.82) is 0 Å². The van der Waals surface area contributed by atoms with E-state index in [1.807, 2.05) is 43.3 Å². The quantitative estimate of drug-likeness (QED) is 0.615. The van der Waals surface area contributed by atoms with Gasteiger partial charge < -0.3 is 19.7 Å². The highest BCUT2D eigenvalue weighted by atomic mass is 16.5. The molecule has 6 nitrogen and oxygen atoms in total. The van der Waals surface area contributed by atoms with Crippen molar-refractivity contribution >= 4 is 23.3 Å². The molecule has 0 amide bonds. The third-order valence-corrected chi connectivity index (χ3v) is 2.71. The van der Waals surface area contributed by atoms with Gasteiger partial charge in [0.05, 0.1) is 19.3 Å². The van der Waals surface area contributed by atoms with Gasteiger partial charge in [-0.2, -0.15) is 0 Å². The Balaban J connectivity index is 2.92. The zero-order valence-electron chi connectivity index (χ0n) is 13.4. The van der Waals surface area contributed by atoms with Crippen LogP contribution < -0.4 is 10.2 Å². The molecule has 0 aliphatic rings. The lowest BCUT2D eigenvalue weighted by molar-refractivity contribution is -0.140. The van der Waals surface area contributed by atoms with Gasteiger partial charge in [-0.1, -0.05) is 0 Å². The third kappa shape index (κ3) is 5.47. The number of hydrogen-bond acceptors (Lipinski definition) is 6. The summed E-state index contributed by atoms with van der Waals surface area (Å²) in [5, 5.41) is 2.89. The molecule has 1 N–H and O–H groups in total. The van der Waals surface area contributed by atoms with Crippen LogP contribution in [-0.4, -0.2) is 39.2 Å². The molecule has 0 aromatic heterocycles. The number of hydrogen-bond donors (Lipinski definition) is 1. The number of nitrogens with one attached hydrogen (secondary N) is 1. The Bertz CT molecular complexity index is 536. The molecule has 0 aliphatic heterocycles. The topological polar surface area (TPSA) is 67.9 Å². The number of esters is 2. The molecular weight excluding hydrogens is 284 g/mol. The minimum absolute atomic E-state index is 0.0397. The highest BCUT2D eigenvalue weighted by molar-refractivity contribution is 5.98. The Hall–Kier alpha value is -2.50. The highest BCUT2D eigenvalue weighted by Crippen LogP contribution is 2.17. The van der Waals surface area contributed by atoms with Crippen LogP contribution in [0.1, 0.15) is 13.8 Å². The van der Waals surface area contributed by atoms with E-state index < -0.39 is 11.9 Å². The summed E-state index contributed by atoms with van der Waals surface area (Å²) in [6.45, 7) is 3.86. The Morgan fingerprint density at radius 3 is 2.18 bits per heavy atom. The van der Waals surface area contributed by atoms with Crippen LogP contribution in [0.4, 0.5) is 11.4 Å². The number of carbonyl (C=O) groups excluding carboxylic acids is 2. The zero-order chi connectivity index (χ0) is 16.5. The predicted molar refractivity (Wildman–Crippen MR) is 85.7 cm³/mol. The van der Waals surface area contributed by atoms with Crippen LogP contribution in [0.15, 0.2) is 36.0 Å². The van der Waals surface area contributed by atoms with Crippen LogP contribution >= 0.6 is 0 Å². The largest absolute Gasteiger partial charge is 0.463 e. The third-order valence-electron chi connectivity index (χ3n) is 2.71. The summed E-state index contributed by atoms with van der Waals surface area (Å²) < 4.78 is 9.75. The van der Waals surface area contributed by atoms with Crippen LogP contribution in [0.3, 0.4) is 0 Å². The number of rotatable bonds is 7. The van der Waals surface area contributed by atoms with Gasteiger partial charge in [0.25, 0.3) is 0 Å². The molecule has 0 atom stereocenters. The fraction of sp³-hybridized carbons (Fsp3) is 0.375. The van der Waals surface area contributed by atoms with Gasteiger partial charge in [0, 0.05) is 25.5 Å². The van der Waals surface area contributed by atoms with E-state index in [9.17, 15) is 9.59 Å². The maximum Gasteiger partial charge on any atom is 0.355 e. The molecule has 0 bridgehead atoms. The van der Waals surface area contributed by atoms with Gasteiger partial charge in [-0.15, -0.1) is 0 Å². The van der Waals surface area contributed by atoms with E-state index in [-0.39, 0.29) is 18.9 Å². The first-order chi connectivity index (χ1) is 10.5. The van der Waals surface area contributed by atoms with Crippen molar-refractivity contribution in [2.24, 2.45) is 0 Å². The molecule has 1 aromatic rings. The van der Waals surface area contributed by atoms with Crippen molar-refractivity contribution in [3.8, 4) is 0 Å². The molecule has 0 fully saturated rings. The van der Waals surface area contributed by atoms with E-state index in [2.05, 4.69) is 5.32 Å². The number of benzene rings is 1. The SMILES string of the molecule is CCOC(=O)/C=C(\Nc1ccc(N(C)C)cc1)C(=O)OCC. The predicted octanol–water partition coefficient (Wildman–Crippen LogP) is 2.17. The monoisotopic (exact) mass is 306 g/mol. The van der Waals surface area contributed by atoms with Crippen LogP contribution in [0.5, 0.6) is 0 Å². The molecule has 120 valence electrons. The van der Waals surface area contributed by atoms with E-state index in [1.165, 1.54) is 0 Å². The molecule has 0 saturated heterocycles. The maximum absolute atomic E-state index is 11.9. The minimum Gasteiger partial charge on any atom is -0.463 e. The van der Waals surface area contributed by atoms with E-state index >= 15 is 0 Å². The van der Waals surface area contributed by atoms with Crippen molar-refractivity contribution in [2.75, 3.05) is 37.5 Å². The molecule has 0 saturated carbocycles. The average molecular weight is 306 g/mol. The zero-order valence-corrected chi connectivity index (χ0v) is 13.4. The summed E-state index contributed by atoms with van der Waals surface area (Å²) >= 11 is 0. The summed E-state index contributed by atoms with van der Waals surface area (Å²) in [4.78, 5) is 25.4. The number of anilines is 2. The lowest BCUT2D eigenvalue weighted by Gasteiger charge is -2.14. The summed E-state index contributed by atoms with van der Waals surface area (Å²) in [6.07, 6.45) is 1.10. The molecule has 0 heterocycles. The first kappa shape index (κ1) is 17.6. The lowest BCUT2D eigenvalue weighted by atomic mass is 10.2. The van der Waals surface area contributed by atoms with Crippen molar-refractivity contribution in [3.05, 3.63) is 36.0 Å². The standard InChI is InChI=1S/C16H22N2O4/c1-5-21-15(19)11-14(16(20)22-6-2)17-12-7-9-13(10-8-12)18(3)4/h7-11,17H,5-6H2,1-4H3/b14-11-. The lowest BCUT2D eigenvalue weighted by Crippen LogP contribution is -2.17. The molecule has 0 radical (unpaired) electrons. The average Bonchev–Trinajstić information content (AvgIpc) is 2.47. The van der Waals surface area contributed by atoms with Gasteiger partial charge in [-0.05, 0) is 38.1 Å². The second kappa shape index (κ2) is 8.71. The van der Waals surface area contributed by atoms with Gasteiger partial charge in [0.1, 0.15) is 5.70 Å². The highest BCUT2D eigenvalue weighted by Gasteiger charge is 2.13. The Morgan fingerprint density at radius 1 is 1.09 bits per heavy atom. The van der Waals surface area contributed by atoms with Crippen LogP contribution in [0.2, 0.25) is 0 Å². The minimum atomic E-state index is -0.604. The van der Waals surface area contributed by atoms with Gasteiger partial charge in [0.15, 0.2) is 0 Å². The van der Waals surface area contributed by atoms with E-state index in [0.717, 1.165) is 11.8 Å². The molecule has 0 spiro atoms. The molecule has 0 unspecified atom stereocenters. The fourth-order valence-electron chi connectivity index (χ4n) is 1.66. The molecule has 1 rings (SSSR count). The first-order valence-corrected chi connectivity index (χ1v) is 7.07. The van der Waals surface area contributed by atoms with Crippen molar-refractivity contribution in [3.63, 3.8) is 0 Å². The van der Waals surface area contributed by atoms with Crippen LogP contribution in [-0.2, 0) is 19.1 Å². The number of nitrogens with zero attached hydrogens (tertiary/aromatic N) is 1. The van der Waals surface area contributed by atoms with Crippen molar-refractivity contribution in [2.45, 2.75) is 13.8 Å². The second-order valence-corrected chi connectivity index (χ2v) is 4.60. The fourth-order valence-corrected chi connectivity index (χ4v) is 1.66. The number of ether oxygens (including phenoxy) is 2. The van der Waals surface area contributed by atoms with Gasteiger partial charge >= 0.3 is 11.9 Å². The second-order valence-electron chi connectivity index (χ2n) is 4.60. The smallest absolute Gasteiger partial charge is 0.355 e. The molecule has 6 heteroatoms. The summed E-state index contributed by atoms with van der Waals surface area (Å²) in [5.41, 5.74) is 1.74. The van der Waals surface area contributed by atoms with E-state index in [1.54, 1.807) is 13.8 Å². The maximum atomic E-state index is 11.9. The molecule has 22 heavy (non-hydrogen) atoms.